The second-order valence-corrected chi connectivity index (χ2v) is 4.82. The summed E-state index contributed by atoms with van der Waals surface area (Å²) in [5.41, 5.74) is 0.0131. The van der Waals surface area contributed by atoms with Crippen LogP contribution in [0.4, 0.5) is 0 Å². The largest absolute Gasteiger partial charge is 0.389 e. The van der Waals surface area contributed by atoms with Crippen LogP contribution in [0.2, 0.25) is 0 Å². The highest BCUT2D eigenvalue weighted by molar-refractivity contribution is 5.88. The van der Waals surface area contributed by atoms with Crippen molar-refractivity contribution in [3.63, 3.8) is 0 Å². The van der Waals surface area contributed by atoms with E-state index < -0.39 is 0 Å². The van der Waals surface area contributed by atoms with Gasteiger partial charge in [0.2, 0.25) is 0 Å². The molecule has 2 heteroatoms. The quantitative estimate of drug-likeness (QED) is 0.676. The van der Waals surface area contributed by atoms with Gasteiger partial charge in [0.1, 0.15) is 6.61 Å². The first-order valence-electron chi connectivity index (χ1n) is 4.69. The number of aliphatic hydroxyl groups is 1. The number of carbonyl (C=O) groups is 1. The van der Waals surface area contributed by atoms with Crippen molar-refractivity contribution in [3.05, 3.63) is 0 Å². The molecule has 3 fully saturated rings. The number of Topliss-reactive ketones (excluding diaryl/α,β-unsaturated/α-hetero) is 1. The predicted octanol–water partition coefficient (Wildman–Crippen LogP) is 1.37. The van der Waals surface area contributed by atoms with Crippen molar-refractivity contribution >= 4 is 5.78 Å². The predicted molar refractivity (Wildman–Crippen MR) is 45.6 cm³/mol. The highest BCUT2D eigenvalue weighted by Gasteiger charge is 2.67. The summed E-state index contributed by atoms with van der Waals surface area (Å²) in [6, 6.07) is 0. The molecule has 0 spiro atoms. The topological polar surface area (TPSA) is 37.3 Å². The molecule has 3 aliphatic rings. The number of ketones is 1. The fraction of sp³-hybridized carbons (Fsp3) is 0.900. The minimum Gasteiger partial charge on any atom is -0.389 e. The Balaban J connectivity index is 2.29. The highest BCUT2D eigenvalue weighted by atomic mass is 16.3. The van der Waals surface area contributed by atoms with Crippen molar-refractivity contribution < 1.29 is 9.90 Å². The van der Waals surface area contributed by atoms with Crippen molar-refractivity contribution in [2.45, 2.75) is 33.1 Å². The molecule has 2 nitrogen and oxygen atoms in total. The molecule has 0 aromatic heterocycles. The molecule has 2 atom stereocenters. The van der Waals surface area contributed by atoms with Crippen LogP contribution in [0.15, 0.2) is 0 Å². The lowest BCUT2D eigenvalue weighted by Crippen LogP contribution is -2.53. The first-order chi connectivity index (χ1) is 5.54. The van der Waals surface area contributed by atoms with E-state index in [1.54, 1.807) is 0 Å². The van der Waals surface area contributed by atoms with Gasteiger partial charge in [-0.15, -0.1) is 0 Å². The van der Waals surface area contributed by atoms with E-state index in [2.05, 4.69) is 13.8 Å². The van der Waals surface area contributed by atoms with E-state index >= 15 is 0 Å². The smallest absolute Gasteiger partial charge is 0.164 e. The first-order valence-corrected chi connectivity index (χ1v) is 4.69. The van der Waals surface area contributed by atoms with Gasteiger partial charge in [0, 0.05) is 5.41 Å². The zero-order valence-electron chi connectivity index (χ0n) is 7.76. The summed E-state index contributed by atoms with van der Waals surface area (Å²) in [4.78, 5) is 11.5. The molecule has 3 aliphatic carbocycles. The van der Waals surface area contributed by atoms with Gasteiger partial charge in [0.25, 0.3) is 0 Å². The molecule has 0 saturated heterocycles. The van der Waals surface area contributed by atoms with Crippen LogP contribution in [0.25, 0.3) is 0 Å². The Bertz CT molecular complexity index is 228. The van der Waals surface area contributed by atoms with E-state index in [1.807, 2.05) is 0 Å². The summed E-state index contributed by atoms with van der Waals surface area (Å²) in [6.45, 7) is 4.07. The van der Waals surface area contributed by atoms with Gasteiger partial charge >= 0.3 is 0 Å². The van der Waals surface area contributed by atoms with Crippen molar-refractivity contribution in [1.82, 2.24) is 0 Å². The number of fused-ring (bicyclic) bond motifs is 1. The molecule has 0 aromatic carbocycles. The van der Waals surface area contributed by atoms with Crippen molar-refractivity contribution in [2.75, 3.05) is 6.61 Å². The molecule has 2 unspecified atom stereocenters. The Morgan fingerprint density at radius 3 is 2.58 bits per heavy atom. The van der Waals surface area contributed by atoms with Crippen LogP contribution in [0.1, 0.15) is 33.1 Å². The fourth-order valence-electron chi connectivity index (χ4n) is 3.27. The maximum atomic E-state index is 11.5. The Hall–Kier alpha value is -0.370. The average molecular weight is 168 g/mol. The summed E-state index contributed by atoms with van der Waals surface area (Å²) in [5.74, 6) is 0.800. The first kappa shape index (κ1) is 8.24. The van der Waals surface area contributed by atoms with Gasteiger partial charge in [0.15, 0.2) is 5.78 Å². The summed E-state index contributed by atoms with van der Waals surface area (Å²) < 4.78 is 0. The van der Waals surface area contributed by atoms with Crippen molar-refractivity contribution in [3.8, 4) is 0 Å². The van der Waals surface area contributed by atoms with Gasteiger partial charge in [-0.1, -0.05) is 13.8 Å². The number of carbonyl (C=O) groups excluding carboxylic acids is 1. The summed E-state index contributed by atoms with van der Waals surface area (Å²) in [7, 11) is 0. The Kier molecular flexibility index (Phi) is 1.45. The number of aliphatic hydroxyl groups excluding tert-OH is 1. The zero-order chi connectivity index (χ0) is 8.98. The van der Waals surface area contributed by atoms with E-state index in [9.17, 15) is 4.79 Å². The number of rotatable bonds is 2. The third kappa shape index (κ3) is 0.634. The van der Waals surface area contributed by atoms with E-state index in [0.29, 0.717) is 0 Å². The van der Waals surface area contributed by atoms with Gasteiger partial charge in [-0.05, 0) is 30.6 Å². The Morgan fingerprint density at radius 1 is 1.58 bits per heavy atom. The van der Waals surface area contributed by atoms with Crippen molar-refractivity contribution in [1.29, 1.82) is 0 Å². The Morgan fingerprint density at radius 2 is 2.25 bits per heavy atom. The van der Waals surface area contributed by atoms with Gasteiger partial charge in [-0.2, -0.15) is 0 Å². The van der Waals surface area contributed by atoms with E-state index in [0.717, 1.165) is 18.8 Å². The van der Waals surface area contributed by atoms with Crippen LogP contribution in [-0.2, 0) is 4.79 Å². The van der Waals surface area contributed by atoms with Gasteiger partial charge in [0.05, 0.1) is 0 Å². The monoisotopic (exact) mass is 168 g/mol. The third-order valence-corrected chi connectivity index (χ3v) is 4.45. The van der Waals surface area contributed by atoms with Gasteiger partial charge in [-0.25, -0.2) is 0 Å². The maximum absolute atomic E-state index is 11.5. The lowest BCUT2D eigenvalue weighted by Gasteiger charge is -2.53. The highest BCUT2D eigenvalue weighted by Crippen LogP contribution is 2.70. The SMILES string of the molecule is CC1(C)C2CCC1(C(=O)CO)C2. The van der Waals surface area contributed by atoms with Crippen LogP contribution in [0.5, 0.6) is 0 Å². The maximum Gasteiger partial charge on any atom is 0.164 e. The normalized spacial score (nSPS) is 42.4. The molecule has 0 heterocycles. The average Bonchev–Trinajstić information content (AvgIpc) is 2.58. The standard InChI is InChI=1S/C10H16O2/c1-9(2)7-3-4-10(9,5-7)8(12)6-11/h7,11H,3-6H2,1-2H3. The van der Waals surface area contributed by atoms with Crippen LogP contribution in [0, 0.1) is 16.7 Å². The molecular weight excluding hydrogens is 152 g/mol. The van der Waals surface area contributed by atoms with E-state index in [1.165, 1.54) is 6.42 Å². The van der Waals surface area contributed by atoms with Gasteiger partial charge < -0.3 is 5.11 Å². The van der Waals surface area contributed by atoms with Gasteiger partial charge in [-0.3, -0.25) is 4.79 Å². The molecule has 2 bridgehead atoms. The van der Waals surface area contributed by atoms with Crippen molar-refractivity contribution in [2.24, 2.45) is 16.7 Å². The lowest BCUT2D eigenvalue weighted by molar-refractivity contribution is -0.151. The minimum atomic E-state index is -0.268. The molecule has 3 rings (SSSR count). The summed E-state index contributed by atoms with van der Waals surface area (Å²) in [6.07, 6.45) is 3.21. The van der Waals surface area contributed by atoms with E-state index in [-0.39, 0.29) is 23.2 Å². The molecule has 68 valence electrons. The molecule has 0 radical (unpaired) electrons. The molecule has 0 aromatic rings. The minimum absolute atomic E-state index is 0.0706. The van der Waals surface area contributed by atoms with Crippen LogP contribution in [0.3, 0.4) is 0 Å². The van der Waals surface area contributed by atoms with Crippen LogP contribution < -0.4 is 0 Å². The molecule has 0 amide bonds. The molecular formula is C10H16O2. The lowest BCUT2D eigenvalue weighted by atomic mass is 9.49. The van der Waals surface area contributed by atoms with Crippen LogP contribution in [-0.4, -0.2) is 17.5 Å². The summed E-state index contributed by atoms with van der Waals surface area (Å²) in [5, 5.41) is 8.87. The molecule has 0 aliphatic heterocycles. The summed E-state index contributed by atoms with van der Waals surface area (Å²) >= 11 is 0. The molecule has 12 heavy (non-hydrogen) atoms. The third-order valence-electron chi connectivity index (χ3n) is 4.45. The Labute approximate surface area is 73.0 Å². The number of hydrogen-bond acceptors (Lipinski definition) is 2. The molecule has 3 saturated carbocycles. The second-order valence-electron chi connectivity index (χ2n) is 4.82. The molecule has 1 N–H and O–H groups in total. The zero-order valence-corrected chi connectivity index (χ0v) is 7.76. The van der Waals surface area contributed by atoms with Crippen LogP contribution >= 0.6 is 0 Å². The van der Waals surface area contributed by atoms with E-state index in [4.69, 9.17) is 5.11 Å². The second kappa shape index (κ2) is 2.11. The number of hydrogen-bond donors (Lipinski definition) is 1. The fourth-order valence-corrected chi connectivity index (χ4v) is 3.27.